The van der Waals surface area contributed by atoms with Gasteiger partial charge in [-0.05, 0) is 72.5 Å². The lowest BCUT2D eigenvalue weighted by atomic mass is 9.95. The molecule has 2 heterocycles. The average Bonchev–Trinajstić information content (AvgIpc) is 3.63. The van der Waals surface area contributed by atoms with Crippen molar-refractivity contribution in [3.63, 3.8) is 0 Å². The van der Waals surface area contributed by atoms with Crippen LogP contribution in [0.4, 0.5) is 0 Å². The molecule has 6 rings (SSSR count). The fraction of sp³-hybridized carbons (Fsp3) is 0.381. The first-order chi connectivity index (χ1) is 22.6. The van der Waals surface area contributed by atoms with E-state index in [1.807, 2.05) is 0 Å². The second-order valence-corrected chi connectivity index (χ2v) is 14.7. The zero-order chi connectivity index (χ0) is 31.9. The molecule has 4 aromatic carbocycles. The fourth-order valence-corrected chi connectivity index (χ4v) is 7.49. The van der Waals surface area contributed by atoms with Crippen LogP contribution in [-0.2, 0) is 12.8 Å². The maximum absolute atomic E-state index is 6.86. The van der Waals surface area contributed by atoms with E-state index in [1.54, 1.807) is 0 Å². The van der Waals surface area contributed by atoms with Crippen LogP contribution >= 0.6 is 31.9 Å². The topological polar surface area (TPSA) is 26.3 Å². The average molecular weight is 743 g/mol. The van der Waals surface area contributed by atoms with Gasteiger partial charge in [-0.3, -0.25) is 0 Å². The summed E-state index contributed by atoms with van der Waals surface area (Å²) < 4.78 is 15.9. The van der Waals surface area contributed by atoms with E-state index in [0.29, 0.717) is 0 Å². The van der Waals surface area contributed by atoms with Gasteiger partial charge in [-0.15, -0.1) is 0 Å². The summed E-state index contributed by atoms with van der Waals surface area (Å²) in [4.78, 5) is 0. The summed E-state index contributed by atoms with van der Waals surface area (Å²) in [6.45, 7) is 4.55. The van der Waals surface area contributed by atoms with E-state index in [9.17, 15) is 0 Å². The van der Waals surface area contributed by atoms with Crippen LogP contribution in [0.3, 0.4) is 0 Å². The van der Waals surface area contributed by atoms with Gasteiger partial charge in [0.25, 0.3) is 0 Å². The van der Waals surface area contributed by atoms with E-state index >= 15 is 0 Å². The molecule has 0 bridgehead atoms. The number of benzene rings is 4. The molecule has 0 fully saturated rings. The molecule has 0 saturated heterocycles. The highest BCUT2D eigenvalue weighted by Gasteiger charge is 2.22. The first-order valence-corrected chi connectivity index (χ1v) is 19.1. The second kappa shape index (κ2) is 15.8. The van der Waals surface area contributed by atoms with Crippen molar-refractivity contribution in [1.82, 2.24) is 0 Å². The Labute approximate surface area is 291 Å². The van der Waals surface area contributed by atoms with E-state index in [-0.39, 0.29) is 0 Å². The summed E-state index contributed by atoms with van der Waals surface area (Å²) in [5.74, 6) is 2.19. The lowest BCUT2D eigenvalue weighted by Gasteiger charge is -2.05. The Bertz CT molecular complexity index is 1740. The normalized spacial score (nSPS) is 11.8. The standard InChI is InChI=1S/C42H46Br2O2/c1-3-5-7-9-11-13-15-37-39(29-17-21-31(43)22-18-29)35-27-25-34-33(41(35)45-37)26-28-36-40(30-19-23-32(44)24-20-30)38(46-42(34)36)16-14-12-10-8-6-4-2/h17-28H,3-16H2,1-2H3. The van der Waals surface area contributed by atoms with Crippen molar-refractivity contribution >= 4 is 64.6 Å². The molecule has 46 heavy (non-hydrogen) atoms. The van der Waals surface area contributed by atoms with Gasteiger partial charge in [0.2, 0.25) is 0 Å². The minimum absolute atomic E-state index is 0.951. The summed E-state index contributed by atoms with van der Waals surface area (Å²) in [7, 11) is 0. The Morgan fingerprint density at radius 3 is 1.15 bits per heavy atom. The van der Waals surface area contributed by atoms with Gasteiger partial charge in [0.05, 0.1) is 0 Å². The maximum Gasteiger partial charge on any atom is 0.142 e. The smallest absolute Gasteiger partial charge is 0.142 e. The molecule has 0 spiro atoms. The van der Waals surface area contributed by atoms with E-state index < -0.39 is 0 Å². The number of unbranched alkanes of at least 4 members (excludes halogenated alkanes) is 10. The summed E-state index contributed by atoms with van der Waals surface area (Å²) >= 11 is 7.25. The van der Waals surface area contributed by atoms with Crippen LogP contribution in [0.2, 0.25) is 0 Å². The van der Waals surface area contributed by atoms with Crippen molar-refractivity contribution in [2.75, 3.05) is 0 Å². The highest BCUT2D eigenvalue weighted by atomic mass is 79.9. The predicted molar refractivity (Wildman–Crippen MR) is 204 cm³/mol. The maximum atomic E-state index is 6.86. The van der Waals surface area contributed by atoms with Crippen LogP contribution < -0.4 is 0 Å². The highest BCUT2D eigenvalue weighted by Crippen LogP contribution is 2.44. The summed E-state index contributed by atoms with van der Waals surface area (Å²) in [5, 5.41) is 4.61. The van der Waals surface area contributed by atoms with Gasteiger partial charge in [-0.25, -0.2) is 0 Å². The Balaban J connectivity index is 1.42. The molecule has 0 aliphatic heterocycles. The number of aryl methyl sites for hydroxylation is 2. The Morgan fingerprint density at radius 2 is 0.761 bits per heavy atom. The zero-order valence-corrected chi connectivity index (χ0v) is 30.6. The second-order valence-electron chi connectivity index (χ2n) is 12.8. The first kappa shape index (κ1) is 33.1. The van der Waals surface area contributed by atoms with Gasteiger partial charge in [0, 0.05) is 54.5 Å². The van der Waals surface area contributed by atoms with Crippen LogP contribution in [0.5, 0.6) is 0 Å². The van der Waals surface area contributed by atoms with Crippen molar-refractivity contribution in [2.45, 2.75) is 104 Å². The minimum Gasteiger partial charge on any atom is -0.460 e. The van der Waals surface area contributed by atoms with Crippen molar-refractivity contribution in [2.24, 2.45) is 0 Å². The molecule has 0 N–H and O–H groups in total. The molecule has 0 amide bonds. The molecule has 0 unspecified atom stereocenters. The quantitative estimate of drug-likeness (QED) is 0.0923. The number of halogens is 2. The van der Waals surface area contributed by atoms with Crippen LogP contribution in [0.15, 0.2) is 90.6 Å². The third-order valence-corrected chi connectivity index (χ3v) is 10.5. The van der Waals surface area contributed by atoms with Crippen LogP contribution in [0, 0.1) is 0 Å². The molecule has 2 nitrogen and oxygen atoms in total. The molecule has 0 saturated carbocycles. The van der Waals surface area contributed by atoms with E-state index in [2.05, 4.69) is 119 Å². The molecule has 0 radical (unpaired) electrons. The molecule has 0 atom stereocenters. The van der Waals surface area contributed by atoms with Gasteiger partial charge in [-0.2, -0.15) is 0 Å². The number of hydrogen-bond donors (Lipinski definition) is 0. The molecule has 240 valence electrons. The van der Waals surface area contributed by atoms with Crippen molar-refractivity contribution in [3.8, 4) is 22.3 Å². The fourth-order valence-electron chi connectivity index (χ4n) is 6.96. The third kappa shape index (κ3) is 7.34. The largest absolute Gasteiger partial charge is 0.460 e. The lowest BCUT2D eigenvalue weighted by Crippen LogP contribution is -1.88. The Hall–Kier alpha value is -2.82. The van der Waals surface area contributed by atoms with Gasteiger partial charge < -0.3 is 8.83 Å². The van der Waals surface area contributed by atoms with Crippen molar-refractivity contribution in [1.29, 1.82) is 0 Å². The van der Waals surface area contributed by atoms with Gasteiger partial charge in [0.1, 0.15) is 22.7 Å². The molecule has 4 heteroatoms. The summed E-state index contributed by atoms with van der Waals surface area (Å²) in [5.41, 5.74) is 6.82. The van der Waals surface area contributed by atoms with Crippen molar-refractivity contribution in [3.05, 3.63) is 93.3 Å². The predicted octanol–water partition coefficient (Wildman–Crippen LogP) is 15.0. The molecule has 6 aromatic rings. The molecule has 0 aliphatic carbocycles. The van der Waals surface area contributed by atoms with Crippen LogP contribution in [-0.4, -0.2) is 0 Å². The molecule has 0 aliphatic rings. The van der Waals surface area contributed by atoms with Crippen molar-refractivity contribution < 1.29 is 8.83 Å². The van der Waals surface area contributed by atoms with Gasteiger partial charge >= 0.3 is 0 Å². The third-order valence-electron chi connectivity index (χ3n) is 9.43. The molecular weight excluding hydrogens is 696 g/mol. The number of furan rings is 2. The lowest BCUT2D eigenvalue weighted by molar-refractivity contribution is 0.523. The monoisotopic (exact) mass is 740 g/mol. The van der Waals surface area contributed by atoms with E-state index in [4.69, 9.17) is 8.83 Å². The Kier molecular flexibility index (Phi) is 11.4. The molecule has 2 aromatic heterocycles. The van der Waals surface area contributed by atoms with Gasteiger partial charge in [0.15, 0.2) is 0 Å². The summed E-state index contributed by atoms with van der Waals surface area (Å²) in [6.07, 6.45) is 17.1. The number of rotatable bonds is 16. The van der Waals surface area contributed by atoms with Crippen LogP contribution in [0.1, 0.15) is 102 Å². The number of hydrogen-bond acceptors (Lipinski definition) is 2. The first-order valence-electron chi connectivity index (χ1n) is 17.5. The number of fused-ring (bicyclic) bond motifs is 5. The van der Waals surface area contributed by atoms with E-state index in [1.165, 1.54) is 97.2 Å². The SMILES string of the molecule is CCCCCCCCc1oc2c(ccc3c2ccc2c(-c4ccc(Br)cc4)c(CCCCCCCC)oc23)c1-c1ccc(Br)cc1. The molecular formula is C42H46Br2O2. The zero-order valence-electron chi connectivity index (χ0n) is 27.4. The Morgan fingerprint density at radius 1 is 0.413 bits per heavy atom. The van der Waals surface area contributed by atoms with E-state index in [0.717, 1.165) is 68.1 Å². The van der Waals surface area contributed by atoms with Crippen LogP contribution in [0.25, 0.3) is 55.0 Å². The highest BCUT2D eigenvalue weighted by molar-refractivity contribution is 9.10. The van der Waals surface area contributed by atoms with Gasteiger partial charge in [-0.1, -0.05) is 134 Å². The summed E-state index contributed by atoms with van der Waals surface area (Å²) in [6, 6.07) is 26.4. The minimum atomic E-state index is 0.951.